The molecular formula is C7H13BrO2S. The molecule has 0 aromatic carbocycles. The molecule has 0 aromatic rings. The van der Waals surface area contributed by atoms with Gasteiger partial charge in [-0.15, -0.1) is 17.0 Å². The summed E-state index contributed by atoms with van der Waals surface area (Å²) in [6, 6.07) is 0. The highest BCUT2D eigenvalue weighted by molar-refractivity contribution is 8.93. The molecule has 0 heterocycles. The van der Waals surface area contributed by atoms with Crippen molar-refractivity contribution in [3.8, 4) is 0 Å². The zero-order chi connectivity index (χ0) is 7.98. The fourth-order valence-corrected chi connectivity index (χ4v) is 0.736. The van der Waals surface area contributed by atoms with Crippen LogP contribution in [0.25, 0.3) is 0 Å². The third-order valence-electron chi connectivity index (χ3n) is 0.784. The van der Waals surface area contributed by atoms with E-state index in [0.717, 1.165) is 0 Å². The van der Waals surface area contributed by atoms with Crippen LogP contribution in [0.4, 0.5) is 0 Å². The van der Waals surface area contributed by atoms with Crippen molar-refractivity contribution in [2.45, 2.75) is 0 Å². The van der Waals surface area contributed by atoms with Crippen molar-refractivity contribution < 1.29 is 9.53 Å². The first-order chi connectivity index (χ1) is 4.66. The quantitative estimate of drug-likeness (QED) is 0.417. The predicted molar refractivity (Wildman–Crippen MR) is 57.0 cm³/mol. The number of carbonyl (C=O) groups excluding carboxylic acids is 1. The standard InChI is InChI=1S/C7H12O2S.BrH/c1-9-7(8)5-4-6-10(2)3;/h4-6H,1-3H3;1H/b5-4+;. The Bertz CT molecular complexity index is 171. The first kappa shape index (κ1) is 13.5. The van der Waals surface area contributed by atoms with Crippen LogP contribution in [0.2, 0.25) is 0 Å². The molecule has 4 heteroatoms. The lowest BCUT2D eigenvalue weighted by molar-refractivity contribution is -0.134. The largest absolute Gasteiger partial charge is 0.466 e. The molecule has 2 nitrogen and oxygen atoms in total. The molecule has 66 valence electrons. The van der Waals surface area contributed by atoms with E-state index in [9.17, 15) is 4.79 Å². The Hall–Kier alpha value is -0.0900. The molecule has 0 saturated heterocycles. The fourth-order valence-electron chi connectivity index (χ4n) is 0.343. The van der Waals surface area contributed by atoms with Gasteiger partial charge in [-0.3, -0.25) is 0 Å². The van der Waals surface area contributed by atoms with Crippen LogP contribution >= 0.6 is 27.5 Å². The van der Waals surface area contributed by atoms with Gasteiger partial charge in [0, 0.05) is 6.08 Å². The van der Waals surface area contributed by atoms with Gasteiger partial charge < -0.3 is 4.74 Å². The minimum absolute atomic E-state index is 0. The average Bonchev–Trinajstić information content (AvgIpc) is 1.87. The van der Waals surface area contributed by atoms with Crippen LogP contribution in [-0.2, 0) is 9.53 Å². The van der Waals surface area contributed by atoms with Gasteiger partial charge in [0.15, 0.2) is 0 Å². The minimum atomic E-state index is -0.304. The van der Waals surface area contributed by atoms with Gasteiger partial charge in [0.25, 0.3) is 0 Å². The van der Waals surface area contributed by atoms with Crippen molar-refractivity contribution >= 4 is 38.8 Å². The van der Waals surface area contributed by atoms with E-state index < -0.39 is 0 Å². The summed E-state index contributed by atoms with van der Waals surface area (Å²) in [4.78, 5) is 10.5. The summed E-state index contributed by atoms with van der Waals surface area (Å²) in [6.45, 7) is 0. The van der Waals surface area contributed by atoms with Gasteiger partial charge in [0.1, 0.15) is 0 Å². The number of hydrogen-bond donors (Lipinski definition) is 0. The SMILES string of the molecule is Br.COC(=O)/C=C/C=S(C)C. The van der Waals surface area contributed by atoms with Crippen LogP contribution in [0.15, 0.2) is 12.2 Å². The van der Waals surface area contributed by atoms with Crippen molar-refractivity contribution in [1.29, 1.82) is 0 Å². The van der Waals surface area contributed by atoms with Crippen LogP contribution in [0.5, 0.6) is 0 Å². The van der Waals surface area contributed by atoms with Gasteiger partial charge in [-0.25, -0.2) is 4.79 Å². The Morgan fingerprint density at radius 3 is 2.36 bits per heavy atom. The highest BCUT2D eigenvalue weighted by atomic mass is 79.9. The lowest BCUT2D eigenvalue weighted by Crippen LogP contribution is -1.93. The van der Waals surface area contributed by atoms with E-state index in [0.29, 0.717) is 0 Å². The van der Waals surface area contributed by atoms with E-state index in [1.807, 2.05) is 5.37 Å². The monoisotopic (exact) mass is 240 g/mol. The first-order valence-corrected chi connectivity index (χ1v) is 4.93. The van der Waals surface area contributed by atoms with E-state index in [4.69, 9.17) is 0 Å². The van der Waals surface area contributed by atoms with E-state index in [1.165, 1.54) is 13.2 Å². The molecule has 0 fully saturated rings. The predicted octanol–water partition coefficient (Wildman–Crippen LogP) is 1.62. The number of allylic oxidation sites excluding steroid dienone is 1. The van der Waals surface area contributed by atoms with Crippen LogP contribution in [0.3, 0.4) is 0 Å². The Balaban J connectivity index is 0. The van der Waals surface area contributed by atoms with Crippen molar-refractivity contribution in [3.63, 3.8) is 0 Å². The molecule has 0 bridgehead atoms. The highest BCUT2D eigenvalue weighted by Gasteiger charge is 1.86. The number of esters is 1. The summed E-state index contributed by atoms with van der Waals surface area (Å²) in [5.74, 6) is -0.304. The molecule has 0 unspecified atom stereocenters. The van der Waals surface area contributed by atoms with Crippen LogP contribution < -0.4 is 0 Å². The topological polar surface area (TPSA) is 26.3 Å². The van der Waals surface area contributed by atoms with E-state index in [2.05, 4.69) is 17.2 Å². The van der Waals surface area contributed by atoms with Gasteiger partial charge in [0.05, 0.1) is 7.11 Å². The number of halogens is 1. The molecule has 0 aliphatic rings. The summed E-state index contributed by atoms with van der Waals surface area (Å²) < 4.78 is 4.39. The van der Waals surface area contributed by atoms with Crippen LogP contribution in [0, 0.1) is 0 Å². The maximum atomic E-state index is 10.5. The third-order valence-corrected chi connectivity index (χ3v) is 1.49. The summed E-state index contributed by atoms with van der Waals surface area (Å²) in [7, 11) is 1.61. The highest BCUT2D eigenvalue weighted by Crippen LogP contribution is 1.94. The molecule has 0 spiro atoms. The molecule has 0 atom stereocenters. The van der Waals surface area contributed by atoms with Gasteiger partial charge in [0.2, 0.25) is 0 Å². The second-order valence-corrected chi connectivity index (χ2v) is 3.93. The second-order valence-electron chi connectivity index (χ2n) is 1.90. The van der Waals surface area contributed by atoms with Crippen molar-refractivity contribution in [1.82, 2.24) is 0 Å². The lowest BCUT2D eigenvalue weighted by Gasteiger charge is -1.87. The Morgan fingerprint density at radius 1 is 1.45 bits per heavy atom. The fraction of sp³-hybridized carbons (Fsp3) is 0.429. The first-order valence-electron chi connectivity index (χ1n) is 2.82. The molecule has 11 heavy (non-hydrogen) atoms. The molecule has 0 N–H and O–H groups in total. The number of hydrogen-bond acceptors (Lipinski definition) is 2. The molecule has 0 aliphatic carbocycles. The summed E-state index contributed by atoms with van der Waals surface area (Å²) in [5, 5.41) is 1.96. The maximum absolute atomic E-state index is 10.5. The third kappa shape index (κ3) is 9.91. The van der Waals surface area contributed by atoms with Gasteiger partial charge >= 0.3 is 5.97 Å². The van der Waals surface area contributed by atoms with Crippen LogP contribution in [-0.4, -0.2) is 31.0 Å². The molecular weight excluding hydrogens is 228 g/mol. The summed E-state index contributed by atoms with van der Waals surface area (Å²) in [5.41, 5.74) is 0. The normalized spacial score (nSPS) is 9.45. The molecule has 0 aliphatic heterocycles. The zero-order valence-corrected chi connectivity index (χ0v) is 9.39. The Labute approximate surface area is 80.3 Å². The maximum Gasteiger partial charge on any atom is 0.330 e. The molecule has 0 amide bonds. The zero-order valence-electron chi connectivity index (χ0n) is 6.87. The van der Waals surface area contributed by atoms with E-state index in [1.54, 1.807) is 6.08 Å². The molecule has 0 aromatic heterocycles. The van der Waals surface area contributed by atoms with Crippen molar-refractivity contribution in [2.24, 2.45) is 0 Å². The minimum Gasteiger partial charge on any atom is -0.466 e. The molecule has 0 rings (SSSR count). The summed E-state index contributed by atoms with van der Waals surface area (Å²) >= 11 is 0. The Morgan fingerprint density at radius 2 is 2.00 bits per heavy atom. The molecule has 0 saturated carbocycles. The number of carbonyl (C=O) groups is 1. The van der Waals surface area contributed by atoms with Crippen LogP contribution in [0.1, 0.15) is 0 Å². The van der Waals surface area contributed by atoms with Gasteiger partial charge in [-0.05, 0) is 24.0 Å². The molecule has 0 radical (unpaired) electrons. The number of methoxy groups -OCH3 is 1. The van der Waals surface area contributed by atoms with E-state index >= 15 is 0 Å². The number of rotatable bonds is 2. The van der Waals surface area contributed by atoms with Gasteiger partial charge in [-0.2, -0.15) is 10.5 Å². The van der Waals surface area contributed by atoms with Gasteiger partial charge in [-0.1, -0.05) is 0 Å². The van der Waals surface area contributed by atoms with Crippen molar-refractivity contribution in [2.75, 3.05) is 19.6 Å². The smallest absolute Gasteiger partial charge is 0.330 e. The van der Waals surface area contributed by atoms with Crippen molar-refractivity contribution in [3.05, 3.63) is 12.2 Å². The number of ether oxygens (including phenoxy) is 1. The lowest BCUT2D eigenvalue weighted by atomic mass is 10.5. The average molecular weight is 241 g/mol. The summed E-state index contributed by atoms with van der Waals surface area (Å²) in [6.07, 6.45) is 7.27. The second kappa shape index (κ2) is 8.01. The van der Waals surface area contributed by atoms with E-state index in [-0.39, 0.29) is 33.4 Å². The Kier molecular flexibility index (Phi) is 9.83.